The molecule has 0 fully saturated rings. The highest BCUT2D eigenvalue weighted by Crippen LogP contribution is 2.24. The number of ether oxygens (including phenoxy) is 2. The molecule has 10 heteroatoms. The van der Waals surface area contributed by atoms with Gasteiger partial charge in [-0.3, -0.25) is 4.79 Å². The standard InChI is InChI=1S/C21H17Cl2FN2O4S/c1-11-19(31-18(25-11)10-29-15-6-3-13(22)4-7-15)21(28)30-12(2)20(27)26-17-8-5-14(24)9-16(17)23/h3-9,12H,10H2,1-2H3,(H,26,27). The molecule has 6 nitrogen and oxygen atoms in total. The third-order valence-electron chi connectivity index (χ3n) is 4.04. The van der Waals surface area contributed by atoms with Gasteiger partial charge >= 0.3 is 5.97 Å². The minimum atomic E-state index is -1.11. The molecule has 31 heavy (non-hydrogen) atoms. The van der Waals surface area contributed by atoms with E-state index in [0.29, 0.717) is 21.5 Å². The van der Waals surface area contributed by atoms with Crippen molar-refractivity contribution in [3.63, 3.8) is 0 Å². The summed E-state index contributed by atoms with van der Waals surface area (Å²) in [7, 11) is 0. The van der Waals surface area contributed by atoms with Crippen LogP contribution < -0.4 is 10.1 Å². The van der Waals surface area contributed by atoms with E-state index in [0.717, 1.165) is 23.5 Å². The largest absolute Gasteiger partial charge is 0.486 e. The highest BCUT2D eigenvalue weighted by Gasteiger charge is 2.23. The normalized spacial score (nSPS) is 11.6. The number of amides is 1. The zero-order valence-electron chi connectivity index (χ0n) is 16.4. The molecule has 1 amide bonds. The number of esters is 1. The molecule has 162 valence electrons. The molecule has 0 aliphatic carbocycles. The molecule has 0 aliphatic heterocycles. The van der Waals surface area contributed by atoms with Crippen molar-refractivity contribution in [1.29, 1.82) is 0 Å². The van der Waals surface area contributed by atoms with Crippen LogP contribution in [0, 0.1) is 12.7 Å². The molecule has 0 saturated heterocycles. The van der Waals surface area contributed by atoms with Gasteiger partial charge in [0.2, 0.25) is 0 Å². The summed E-state index contributed by atoms with van der Waals surface area (Å²) >= 11 is 12.9. The maximum absolute atomic E-state index is 13.1. The lowest BCUT2D eigenvalue weighted by Crippen LogP contribution is -2.30. The Morgan fingerprint density at radius 2 is 1.90 bits per heavy atom. The monoisotopic (exact) mass is 482 g/mol. The molecule has 1 aromatic heterocycles. The van der Waals surface area contributed by atoms with Crippen LogP contribution in [-0.2, 0) is 16.1 Å². The van der Waals surface area contributed by atoms with Crippen LogP contribution in [0.2, 0.25) is 10.0 Å². The van der Waals surface area contributed by atoms with Crippen molar-refractivity contribution < 1.29 is 23.5 Å². The molecular formula is C21H17Cl2FN2O4S. The minimum Gasteiger partial charge on any atom is -0.486 e. The third kappa shape index (κ3) is 6.16. The van der Waals surface area contributed by atoms with Gasteiger partial charge in [0.05, 0.1) is 16.4 Å². The first-order chi connectivity index (χ1) is 14.7. The Morgan fingerprint density at radius 1 is 1.19 bits per heavy atom. The van der Waals surface area contributed by atoms with Gasteiger partial charge in [-0.2, -0.15) is 0 Å². The smallest absolute Gasteiger partial charge is 0.351 e. The Balaban J connectivity index is 1.59. The van der Waals surface area contributed by atoms with Crippen molar-refractivity contribution in [2.24, 2.45) is 0 Å². The summed E-state index contributed by atoms with van der Waals surface area (Å²) in [5.41, 5.74) is 0.686. The number of halogens is 3. The fourth-order valence-electron chi connectivity index (χ4n) is 2.47. The van der Waals surface area contributed by atoms with Crippen LogP contribution in [0.1, 0.15) is 27.3 Å². The highest BCUT2D eigenvalue weighted by molar-refractivity contribution is 7.13. The Hall–Kier alpha value is -2.68. The second-order valence-corrected chi connectivity index (χ2v) is 8.35. The molecule has 1 heterocycles. The Morgan fingerprint density at radius 3 is 2.58 bits per heavy atom. The number of nitrogens with zero attached hydrogens (tertiary/aromatic N) is 1. The van der Waals surface area contributed by atoms with Crippen LogP contribution in [0.4, 0.5) is 10.1 Å². The maximum atomic E-state index is 13.1. The molecule has 0 aliphatic rings. The zero-order valence-corrected chi connectivity index (χ0v) is 18.8. The van der Waals surface area contributed by atoms with E-state index in [1.54, 1.807) is 31.2 Å². The fraction of sp³-hybridized carbons (Fsp3) is 0.190. The van der Waals surface area contributed by atoms with Crippen LogP contribution in [0.3, 0.4) is 0 Å². The van der Waals surface area contributed by atoms with Crippen molar-refractivity contribution in [3.05, 3.63) is 73.9 Å². The minimum absolute atomic E-state index is 0.0375. The number of carbonyl (C=O) groups is 2. The first-order valence-electron chi connectivity index (χ1n) is 9.04. The second-order valence-electron chi connectivity index (χ2n) is 6.43. The van der Waals surface area contributed by atoms with Gasteiger partial charge in [-0.25, -0.2) is 14.2 Å². The Labute approximate surface area is 191 Å². The van der Waals surface area contributed by atoms with Gasteiger partial charge in [0.15, 0.2) is 6.10 Å². The van der Waals surface area contributed by atoms with Gasteiger partial charge in [0, 0.05) is 5.02 Å². The van der Waals surface area contributed by atoms with Gasteiger partial charge < -0.3 is 14.8 Å². The van der Waals surface area contributed by atoms with Gasteiger partial charge in [-0.15, -0.1) is 11.3 Å². The number of nitrogens with one attached hydrogen (secondary N) is 1. The SMILES string of the molecule is Cc1nc(COc2ccc(Cl)cc2)sc1C(=O)OC(C)C(=O)Nc1ccc(F)cc1Cl. The molecule has 3 aromatic rings. The molecule has 1 unspecified atom stereocenters. The molecule has 1 atom stereocenters. The summed E-state index contributed by atoms with van der Waals surface area (Å²) < 4.78 is 24.0. The van der Waals surface area contributed by atoms with E-state index in [4.69, 9.17) is 32.7 Å². The lowest BCUT2D eigenvalue weighted by atomic mass is 10.3. The van der Waals surface area contributed by atoms with E-state index < -0.39 is 23.8 Å². The Bertz CT molecular complexity index is 1110. The average molecular weight is 483 g/mol. The number of benzene rings is 2. The van der Waals surface area contributed by atoms with Crippen LogP contribution >= 0.6 is 34.5 Å². The van der Waals surface area contributed by atoms with Gasteiger partial charge in [0.25, 0.3) is 5.91 Å². The quantitative estimate of drug-likeness (QED) is 0.439. The molecule has 2 aromatic carbocycles. The highest BCUT2D eigenvalue weighted by atomic mass is 35.5. The first kappa shape index (κ1) is 23.0. The van der Waals surface area contributed by atoms with E-state index in [-0.39, 0.29) is 22.2 Å². The molecule has 0 radical (unpaired) electrons. The molecule has 3 rings (SSSR count). The fourth-order valence-corrected chi connectivity index (χ4v) is 3.67. The van der Waals surface area contributed by atoms with E-state index in [1.165, 1.54) is 13.0 Å². The average Bonchev–Trinajstić information content (AvgIpc) is 3.10. The topological polar surface area (TPSA) is 77.5 Å². The number of rotatable bonds is 7. The summed E-state index contributed by atoms with van der Waals surface area (Å²) in [5.74, 6) is -1.19. The number of hydrogen-bond donors (Lipinski definition) is 1. The number of anilines is 1. The summed E-state index contributed by atoms with van der Waals surface area (Å²) in [6.07, 6.45) is -1.11. The molecule has 0 saturated carbocycles. The van der Waals surface area contributed by atoms with Crippen molar-refractivity contribution in [3.8, 4) is 5.75 Å². The van der Waals surface area contributed by atoms with Crippen LogP contribution in [0.25, 0.3) is 0 Å². The van der Waals surface area contributed by atoms with E-state index in [1.807, 2.05) is 0 Å². The molecule has 1 N–H and O–H groups in total. The van der Waals surface area contributed by atoms with Crippen LogP contribution in [0.5, 0.6) is 5.75 Å². The van der Waals surface area contributed by atoms with Crippen molar-refractivity contribution in [1.82, 2.24) is 4.98 Å². The summed E-state index contributed by atoms with van der Waals surface area (Å²) in [6, 6.07) is 10.4. The maximum Gasteiger partial charge on any atom is 0.351 e. The molecule has 0 bridgehead atoms. The number of aryl methyl sites for hydroxylation is 1. The summed E-state index contributed by atoms with van der Waals surface area (Å²) in [4.78, 5) is 29.4. The van der Waals surface area contributed by atoms with Crippen molar-refractivity contribution in [2.45, 2.75) is 26.6 Å². The number of carbonyl (C=O) groups excluding carboxylic acids is 2. The van der Waals surface area contributed by atoms with E-state index >= 15 is 0 Å². The van der Waals surface area contributed by atoms with Gasteiger partial charge in [-0.05, 0) is 56.3 Å². The Kier molecular flexibility index (Phi) is 7.48. The predicted molar refractivity (Wildman–Crippen MR) is 118 cm³/mol. The van der Waals surface area contributed by atoms with E-state index in [9.17, 15) is 14.0 Å². The molecule has 0 spiro atoms. The number of hydrogen-bond acceptors (Lipinski definition) is 6. The summed E-state index contributed by atoms with van der Waals surface area (Å²) in [5, 5.41) is 3.72. The number of thiazole rings is 1. The van der Waals surface area contributed by atoms with Crippen LogP contribution in [0.15, 0.2) is 42.5 Å². The van der Waals surface area contributed by atoms with E-state index in [2.05, 4.69) is 10.3 Å². The second kappa shape index (κ2) is 10.1. The van der Waals surface area contributed by atoms with Gasteiger partial charge in [-0.1, -0.05) is 23.2 Å². The lowest BCUT2D eigenvalue weighted by molar-refractivity contribution is -0.123. The predicted octanol–water partition coefficient (Wildman–Crippen LogP) is 5.66. The van der Waals surface area contributed by atoms with Crippen LogP contribution in [-0.4, -0.2) is 23.0 Å². The van der Waals surface area contributed by atoms with Gasteiger partial charge in [0.1, 0.15) is 28.1 Å². The number of aromatic nitrogens is 1. The first-order valence-corrected chi connectivity index (χ1v) is 10.6. The van der Waals surface area contributed by atoms with Crippen molar-refractivity contribution >= 4 is 52.1 Å². The zero-order chi connectivity index (χ0) is 22.5. The summed E-state index contributed by atoms with van der Waals surface area (Å²) in [6.45, 7) is 3.26. The van der Waals surface area contributed by atoms with Crippen molar-refractivity contribution in [2.75, 3.05) is 5.32 Å². The lowest BCUT2D eigenvalue weighted by Gasteiger charge is -2.14. The molecular weight excluding hydrogens is 466 g/mol. The third-order valence-corrected chi connectivity index (χ3v) is 5.72.